The summed E-state index contributed by atoms with van der Waals surface area (Å²) in [7, 11) is 0. The van der Waals surface area contributed by atoms with Gasteiger partial charge in [0.1, 0.15) is 5.82 Å². The molecule has 1 N–H and O–H groups in total. The third kappa shape index (κ3) is 3.07. The minimum absolute atomic E-state index is 0.0836. The summed E-state index contributed by atoms with van der Waals surface area (Å²) in [5, 5.41) is 3.54. The van der Waals surface area contributed by atoms with E-state index in [9.17, 15) is 4.39 Å². The molecule has 1 heterocycles. The van der Waals surface area contributed by atoms with Gasteiger partial charge in [-0.25, -0.2) is 4.39 Å². The molecule has 0 bridgehead atoms. The number of hydrogen-bond donors (Lipinski definition) is 1. The van der Waals surface area contributed by atoms with Crippen molar-refractivity contribution in [2.75, 3.05) is 6.54 Å². The van der Waals surface area contributed by atoms with E-state index in [1.807, 2.05) is 18.2 Å². The summed E-state index contributed by atoms with van der Waals surface area (Å²) in [5.74, 6) is 0.511. The Hall–Kier alpha value is -1.67. The van der Waals surface area contributed by atoms with Crippen molar-refractivity contribution >= 4 is 0 Å². The zero-order valence-corrected chi connectivity index (χ0v) is 11.6. The van der Waals surface area contributed by atoms with Crippen molar-refractivity contribution in [3.63, 3.8) is 0 Å². The average Bonchev–Trinajstić information content (AvgIpc) is 2.90. The van der Waals surface area contributed by atoms with E-state index in [4.69, 9.17) is 0 Å². The number of rotatable bonds is 4. The second-order valence-corrected chi connectivity index (χ2v) is 5.59. The summed E-state index contributed by atoms with van der Waals surface area (Å²) in [6.07, 6.45) is 3.03. The second kappa shape index (κ2) is 6.19. The molecule has 0 aliphatic carbocycles. The Morgan fingerprint density at radius 1 is 0.950 bits per heavy atom. The molecule has 1 aliphatic rings. The minimum atomic E-state index is -0.0836. The quantitative estimate of drug-likeness (QED) is 0.894. The maximum absolute atomic E-state index is 13.8. The minimum Gasteiger partial charge on any atom is -0.313 e. The van der Waals surface area contributed by atoms with Crippen molar-refractivity contribution < 1.29 is 4.39 Å². The Morgan fingerprint density at radius 2 is 1.70 bits per heavy atom. The van der Waals surface area contributed by atoms with Crippen molar-refractivity contribution in [1.29, 1.82) is 0 Å². The largest absolute Gasteiger partial charge is 0.313 e. The summed E-state index contributed by atoms with van der Waals surface area (Å²) in [5.41, 5.74) is 2.20. The molecule has 1 fully saturated rings. The summed E-state index contributed by atoms with van der Waals surface area (Å²) >= 11 is 0. The van der Waals surface area contributed by atoms with E-state index in [2.05, 4.69) is 29.6 Å². The van der Waals surface area contributed by atoms with Crippen LogP contribution in [0.2, 0.25) is 0 Å². The molecule has 20 heavy (non-hydrogen) atoms. The lowest BCUT2D eigenvalue weighted by molar-refractivity contribution is 0.436. The first-order valence-corrected chi connectivity index (χ1v) is 7.33. The molecule has 1 saturated heterocycles. The first-order chi connectivity index (χ1) is 9.83. The molecular formula is C18H20FN. The SMILES string of the molecule is Fc1ccccc1CC1NCCC1Cc1ccccc1. The maximum Gasteiger partial charge on any atom is 0.126 e. The third-order valence-electron chi connectivity index (χ3n) is 4.23. The van der Waals surface area contributed by atoms with Gasteiger partial charge in [0.05, 0.1) is 0 Å². The van der Waals surface area contributed by atoms with Gasteiger partial charge >= 0.3 is 0 Å². The van der Waals surface area contributed by atoms with E-state index in [0.717, 1.165) is 24.9 Å². The number of halogens is 1. The smallest absolute Gasteiger partial charge is 0.126 e. The molecule has 0 saturated carbocycles. The molecule has 104 valence electrons. The Labute approximate surface area is 119 Å². The van der Waals surface area contributed by atoms with E-state index < -0.39 is 0 Å². The molecule has 2 aromatic rings. The lowest BCUT2D eigenvalue weighted by Crippen LogP contribution is -2.30. The molecule has 0 spiro atoms. The molecule has 2 unspecified atom stereocenters. The van der Waals surface area contributed by atoms with Crippen LogP contribution in [0.25, 0.3) is 0 Å². The monoisotopic (exact) mass is 269 g/mol. The van der Waals surface area contributed by atoms with Crippen molar-refractivity contribution in [2.45, 2.75) is 25.3 Å². The second-order valence-electron chi connectivity index (χ2n) is 5.59. The van der Waals surface area contributed by atoms with Crippen LogP contribution in [0.1, 0.15) is 17.5 Å². The normalized spacial score (nSPS) is 22.1. The van der Waals surface area contributed by atoms with E-state index in [-0.39, 0.29) is 5.82 Å². The highest BCUT2D eigenvalue weighted by molar-refractivity contribution is 5.20. The molecule has 1 nitrogen and oxygen atoms in total. The van der Waals surface area contributed by atoms with Crippen molar-refractivity contribution in [3.8, 4) is 0 Å². The van der Waals surface area contributed by atoms with Gasteiger partial charge in [-0.05, 0) is 48.9 Å². The first-order valence-electron chi connectivity index (χ1n) is 7.33. The number of nitrogens with one attached hydrogen (secondary N) is 1. The van der Waals surface area contributed by atoms with E-state index in [0.29, 0.717) is 12.0 Å². The molecule has 0 amide bonds. The maximum atomic E-state index is 13.8. The molecule has 2 atom stereocenters. The van der Waals surface area contributed by atoms with Gasteiger partial charge in [-0.2, -0.15) is 0 Å². The van der Waals surface area contributed by atoms with Crippen LogP contribution in [0, 0.1) is 11.7 Å². The van der Waals surface area contributed by atoms with Gasteiger partial charge in [-0.15, -0.1) is 0 Å². The van der Waals surface area contributed by atoms with Gasteiger partial charge < -0.3 is 5.32 Å². The third-order valence-corrected chi connectivity index (χ3v) is 4.23. The van der Waals surface area contributed by atoms with Crippen LogP contribution in [0.15, 0.2) is 54.6 Å². The van der Waals surface area contributed by atoms with Gasteiger partial charge in [0.2, 0.25) is 0 Å². The number of benzene rings is 2. The molecule has 0 aromatic heterocycles. The molecule has 2 heteroatoms. The van der Waals surface area contributed by atoms with Gasteiger partial charge in [0.25, 0.3) is 0 Å². The molecular weight excluding hydrogens is 249 g/mol. The van der Waals surface area contributed by atoms with E-state index in [1.54, 1.807) is 12.1 Å². The Bertz CT molecular complexity index is 552. The topological polar surface area (TPSA) is 12.0 Å². The zero-order valence-electron chi connectivity index (χ0n) is 11.6. The fraction of sp³-hybridized carbons (Fsp3) is 0.333. The van der Waals surface area contributed by atoms with Crippen molar-refractivity contribution in [3.05, 3.63) is 71.5 Å². The molecule has 0 radical (unpaired) electrons. The van der Waals surface area contributed by atoms with Gasteiger partial charge in [0, 0.05) is 6.04 Å². The van der Waals surface area contributed by atoms with Gasteiger partial charge in [0.15, 0.2) is 0 Å². The predicted octanol–water partition coefficient (Wildman–Crippen LogP) is 3.59. The zero-order chi connectivity index (χ0) is 13.8. The van der Waals surface area contributed by atoms with Crippen LogP contribution < -0.4 is 5.32 Å². The van der Waals surface area contributed by atoms with Crippen LogP contribution in [0.3, 0.4) is 0 Å². The van der Waals surface area contributed by atoms with Crippen LogP contribution in [-0.2, 0) is 12.8 Å². The fourth-order valence-electron chi connectivity index (χ4n) is 3.12. The van der Waals surface area contributed by atoms with Gasteiger partial charge in [-0.1, -0.05) is 48.5 Å². The molecule has 1 aliphatic heterocycles. The van der Waals surface area contributed by atoms with Crippen LogP contribution in [0.5, 0.6) is 0 Å². The van der Waals surface area contributed by atoms with Gasteiger partial charge in [-0.3, -0.25) is 0 Å². The summed E-state index contributed by atoms with van der Waals surface area (Å²) in [6, 6.07) is 18.1. The van der Waals surface area contributed by atoms with Crippen molar-refractivity contribution in [1.82, 2.24) is 5.32 Å². The first kappa shape index (κ1) is 13.3. The highest BCUT2D eigenvalue weighted by atomic mass is 19.1. The highest BCUT2D eigenvalue weighted by Gasteiger charge is 2.27. The predicted molar refractivity (Wildman–Crippen MR) is 80.1 cm³/mol. The summed E-state index contributed by atoms with van der Waals surface area (Å²) < 4.78 is 13.8. The Balaban J connectivity index is 1.68. The van der Waals surface area contributed by atoms with Crippen molar-refractivity contribution in [2.24, 2.45) is 5.92 Å². The van der Waals surface area contributed by atoms with Crippen LogP contribution in [0.4, 0.5) is 4.39 Å². The standard InChI is InChI=1S/C18H20FN/c19-17-9-5-4-8-15(17)13-18-16(10-11-20-18)12-14-6-2-1-3-7-14/h1-9,16,18,20H,10-13H2. The number of hydrogen-bond acceptors (Lipinski definition) is 1. The Morgan fingerprint density at radius 3 is 2.50 bits per heavy atom. The fourth-order valence-corrected chi connectivity index (χ4v) is 3.12. The van der Waals surface area contributed by atoms with E-state index in [1.165, 1.54) is 12.0 Å². The van der Waals surface area contributed by atoms with Crippen LogP contribution >= 0.6 is 0 Å². The highest BCUT2D eigenvalue weighted by Crippen LogP contribution is 2.24. The lowest BCUT2D eigenvalue weighted by Gasteiger charge is -2.20. The summed E-state index contributed by atoms with van der Waals surface area (Å²) in [4.78, 5) is 0. The summed E-state index contributed by atoms with van der Waals surface area (Å²) in [6.45, 7) is 1.04. The molecule has 2 aromatic carbocycles. The molecule has 3 rings (SSSR count). The Kier molecular flexibility index (Phi) is 4.12. The van der Waals surface area contributed by atoms with Crippen LogP contribution in [-0.4, -0.2) is 12.6 Å². The average molecular weight is 269 g/mol. The lowest BCUT2D eigenvalue weighted by atomic mass is 9.89. The van der Waals surface area contributed by atoms with E-state index >= 15 is 0 Å².